The zero-order valence-electron chi connectivity index (χ0n) is 58.1. The minimum absolute atomic E-state index is 0.120. The molecule has 0 rings (SSSR count). The van der Waals surface area contributed by atoms with E-state index in [2.05, 4.69) is 34.4 Å². The molecule has 0 aromatic carbocycles. The van der Waals surface area contributed by atoms with Crippen LogP contribution in [0.15, 0.2) is 11.8 Å². The summed E-state index contributed by atoms with van der Waals surface area (Å²) in [6.45, 7) is 35.9. The molecule has 0 aliphatic carbocycles. The summed E-state index contributed by atoms with van der Waals surface area (Å²) in [5.74, 6) is 0.120. The van der Waals surface area contributed by atoms with Crippen LogP contribution in [0.5, 0.6) is 0 Å². The molecule has 0 heterocycles. The highest BCUT2D eigenvalue weighted by molar-refractivity contribution is 7.16. The molecule has 1 atom stereocenters. The summed E-state index contributed by atoms with van der Waals surface area (Å²) in [6.07, 6.45) is 7.03. The lowest BCUT2D eigenvalue weighted by molar-refractivity contribution is -0.118. The zero-order chi connectivity index (χ0) is 67.8. The Morgan fingerprint density at radius 1 is 0.301 bits per heavy atom. The van der Waals surface area contributed by atoms with Gasteiger partial charge < -0.3 is 129 Å². The van der Waals surface area contributed by atoms with Gasteiger partial charge in [-0.05, 0) is 50.8 Å². The standard InChI is InChI=1S/C61H122NO26P.C2H6.CH3N/c1-3-61(58-62-7-4-5-57-89)59-88-56-55-87-54-53-86-52-51-85-50-49-84-48-47-83-46-45-82-44-43-81-42-41-80-40-39-79-38-37-78-36-35-77-34-33-76-32-31-75-30-29-74-28-27-73-26-25-72-24-23-71-22-21-70-20-19-69-18-17-68-16-15-67-14-13-66-12-11-65-10-9-64-8-6-60(2)63;2*1-2/h58,62H,3-57,59,89H2,1-2H3;1-2H3;2H,1H2/b61-58+;;. The van der Waals surface area contributed by atoms with Gasteiger partial charge >= 0.3 is 0 Å². The molecule has 0 fully saturated rings. The van der Waals surface area contributed by atoms with E-state index in [1.165, 1.54) is 18.4 Å². The van der Waals surface area contributed by atoms with Gasteiger partial charge in [0.1, 0.15) is 5.78 Å². The second-order valence-electron chi connectivity index (χ2n) is 18.8. The molecule has 2 N–H and O–H groups in total. The molecular formula is C64H131N2O26P. The lowest BCUT2D eigenvalue weighted by Gasteiger charge is -2.09. The number of hydrogen-bond donors (Lipinski definition) is 2. The molecule has 0 aromatic heterocycles. The van der Waals surface area contributed by atoms with Crippen molar-refractivity contribution in [1.29, 1.82) is 5.41 Å². The van der Waals surface area contributed by atoms with E-state index in [9.17, 15) is 4.79 Å². The molecule has 0 radical (unpaired) electrons. The molecule has 558 valence electrons. The van der Waals surface area contributed by atoms with Gasteiger partial charge in [0.2, 0.25) is 0 Å². The van der Waals surface area contributed by atoms with Crippen molar-refractivity contribution in [2.75, 3.05) is 343 Å². The van der Waals surface area contributed by atoms with Crippen LogP contribution in [0.3, 0.4) is 0 Å². The Morgan fingerprint density at radius 2 is 0.462 bits per heavy atom. The molecule has 0 bridgehead atoms. The summed E-state index contributed by atoms with van der Waals surface area (Å²) >= 11 is 0. The molecule has 1 unspecified atom stereocenters. The van der Waals surface area contributed by atoms with Crippen molar-refractivity contribution in [1.82, 2.24) is 5.32 Å². The van der Waals surface area contributed by atoms with Crippen molar-refractivity contribution in [3.8, 4) is 0 Å². The Morgan fingerprint density at radius 3 is 0.613 bits per heavy atom. The van der Waals surface area contributed by atoms with E-state index in [1.807, 2.05) is 13.8 Å². The Kier molecular flexibility index (Phi) is 97.0. The van der Waals surface area contributed by atoms with Crippen molar-refractivity contribution in [2.24, 2.45) is 0 Å². The summed E-state index contributed by atoms with van der Waals surface area (Å²) in [7, 11) is 2.76. The molecule has 0 spiro atoms. The van der Waals surface area contributed by atoms with Crippen molar-refractivity contribution >= 4 is 21.7 Å². The molecule has 29 heteroatoms. The number of unbranched alkanes of at least 4 members (excludes halogenated alkanes) is 1. The maximum Gasteiger partial charge on any atom is 0.132 e. The monoisotopic (exact) mass is 1370 g/mol. The van der Waals surface area contributed by atoms with E-state index in [4.69, 9.17) is 124 Å². The number of rotatable bonds is 83. The van der Waals surface area contributed by atoms with Crippen LogP contribution in [-0.4, -0.2) is 356 Å². The second-order valence-corrected chi connectivity index (χ2v) is 19.4. The number of hydrogen-bond acceptors (Lipinski definition) is 28. The van der Waals surface area contributed by atoms with Crippen LogP contribution in [0.1, 0.15) is 53.4 Å². The summed E-state index contributed by atoms with van der Waals surface area (Å²) < 4.78 is 138. The second kappa shape index (κ2) is 94.5. The minimum Gasteiger partial charge on any atom is -0.391 e. The van der Waals surface area contributed by atoms with Gasteiger partial charge in [-0.2, -0.15) is 0 Å². The lowest BCUT2D eigenvalue weighted by atomic mass is 10.2. The molecule has 0 aromatic rings. The Hall–Kier alpha value is -1.69. The molecular weight excluding hydrogens is 1240 g/mol. The maximum atomic E-state index is 10.8. The number of ether oxygens (including phenoxy) is 25. The number of ketones is 1. The first kappa shape index (κ1) is 95.5. The third-order valence-electron chi connectivity index (χ3n) is 11.3. The molecule has 28 nitrogen and oxygen atoms in total. The van der Waals surface area contributed by atoms with Crippen molar-refractivity contribution < 1.29 is 123 Å². The molecule has 0 saturated heterocycles. The van der Waals surface area contributed by atoms with E-state index in [-0.39, 0.29) is 5.78 Å². The predicted molar refractivity (Wildman–Crippen MR) is 357 cm³/mol. The highest BCUT2D eigenvalue weighted by Crippen LogP contribution is 2.01. The van der Waals surface area contributed by atoms with Gasteiger partial charge in [0.15, 0.2) is 0 Å². The first-order valence-electron chi connectivity index (χ1n) is 33.6. The van der Waals surface area contributed by atoms with Crippen LogP contribution in [0.4, 0.5) is 0 Å². The predicted octanol–water partition coefficient (Wildman–Crippen LogP) is 4.21. The fourth-order valence-electron chi connectivity index (χ4n) is 6.53. The van der Waals surface area contributed by atoms with Crippen molar-refractivity contribution in [2.45, 2.75) is 53.4 Å². The third kappa shape index (κ3) is 94.5. The largest absolute Gasteiger partial charge is 0.391 e. The number of carbonyl (C=O) groups is 1. The van der Waals surface area contributed by atoms with Gasteiger partial charge in [-0.25, -0.2) is 0 Å². The number of nitrogens with one attached hydrogen (secondary N) is 2. The van der Waals surface area contributed by atoms with Crippen LogP contribution >= 0.6 is 9.24 Å². The smallest absolute Gasteiger partial charge is 0.132 e. The summed E-state index contributed by atoms with van der Waals surface area (Å²) in [6, 6.07) is 0. The summed E-state index contributed by atoms with van der Waals surface area (Å²) in [4.78, 5) is 10.8. The molecule has 93 heavy (non-hydrogen) atoms. The zero-order valence-corrected chi connectivity index (χ0v) is 59.2. The van der Waals surface area contributed by atoms with Gasteiger partial charge in [-0.3, -0.25) is 4.79 Å². The van der Waals surface area contributed by atoms with Crippen LogP contribution in [0.25, 0.3) is 0 Å². The SMILES string of the molecule is C=N.CC.CC/C(=C\NCCCCP)COCCOCCOCCOCCOCCOCCOCCOCCOCCOCCOCCOCCOCCOCCOCCOCCOCCOCCOCCOCCOCCOCCOCCOCCOCCC(C)=O. The van der Waals surface area contributed by atoms with Gasteiger partial charge in [0.25, 0.3) is 0 Å². The molecule has 0 aliphatic rings. The van der Waals surface area contributed by atoms with E-state index >= 15 is 0 Å². The van der Waals surface area contributed by atoms with E-state index in [1.54, 1.807) is 6.92 Å². The Balaban J connectivity index is -0.0000198. The Labute approximate surface area is 562 Å². The normalized spacial score (nSPS) is 11.5. The van der Waals surface area contributed by atoms with Gasteiger partial charge in [0.05, 0.1) is 330 Å². The highest BCUT2D eigenvalue weighted by atomic mass is 31.0. The Bertz CT molecular complexity index is 1370. The van der Waals surface area contributed by atoms with Crippen molar-refractivity contribution in [3.05, 3.63) is 11.8 Å². The fourth-order valence-corrected chi connectivity index (χ4v) is 6.82. The number of Topliss-reactive ketones (excluding diaryl/α,β-unsaturated/α-hetero) is 1. The van der Waals surface area contributed by atoms with Gasteiger partial charge in [-0.1, -0.05) is 20.8 Å². The molecule has 0 amide bonds. The lowest BCUT2D eigenvalue weighted by Crippen LogP contribution is -2.16. The van der Waals surface area contributed by atoms with E-state index < -0.39 is 0 Å². The summed E-state index contributed by atoms with van der Waals surface area (Å²) in [5.41, 5.74) is 1.26. The van der Waals surface area contributed by atoms with Gasteiger partial charge in [-0.15, -0.1) is 9.24 Å². The minimum atomic E-state index is 0.120. The first-order valence-corrected chi connectivity index (χ1v) is 34.4. The van der Waals surface area contributed by atoms with Crippen LogP contribution in [0, 0.1) is 5.41 Å². The quantitative estimate of drug-likeness (QED) is 0.0490. The van der Waals surface area contributed by atoms with E-state index in [0.717, 1.165) is 19.1 Å². The summed E-state index contributed by atoms with van der Waals surface area (Å²) in [5, 5.41) is 8.87. The van der Waals surface area contributed by atoms with Gasteiger partial charge in [0, 0.05) is 13.0 Å². The highest BCUT2D eigenvalue weighted by Gasteiger charge is 2.02. The van der Waals surface area contributed by atoms with Crippen LogP contribution < -0.4 is 5.32 Å². The first-order chi connectivity index (χ1) is 46.2. The maximum absolute atomic E-state index is 10.8. The third-order valence-corrected chi connectivity index (χ3v) is 11.8. The number of carbonyl (C=O) groups excluding carboxylic acids is 1. The molecule has 0 saturated carbocycles. The average molecular weight is 1380 g/mol. The molecule has 0 aliphatic heterocycles. The topological polar surface area (TPSA) is 284 Å². The fraction of sp³-hybridized carbons (Fsp3) is 0.938. The van der Waals surface area contributed by atoms with Crippen LogP contribution in [-0.2, 0) is 123 Å². The van der Waals surface area contributed by atoms with Crippen LogP contribution in [0.2, 0.25) is 0 Å². The van der Waals surface area contributed by atoms with Crippen molar-refractivity contribution in [3.63, 3.8) is 0 Å². The average Bonchev–Trinajstić information content (AvgIpc) is 3.65. The van der Waals surface area contributed by atoms with E-state index in [0.29, 0.717) is 337 Å².